The number of likely N-dealkylation sites (tertiary alicyclic amines) is 1. The van der Waals surface area contributed by atoms with Gasteiger partial charge in [0.05, 0.1) is 6.04 Å². The third-order valence-corrected chi connectivity index (χ3v) is 7.94. The van der Waals surface area contributed by atoms with E-state index in [2.05, 4.69) is 27.8 Å². The van der Waals surface area contributed by atoms with E-state index in [1.54, 1.807) is 20.2 Å². The van der Waals surface area contributed by atoms with Gasteiger partial charge in [0.2, 0.25) is 11.8 Å². The second-order valence-corrected chi connectivity index (χ2v) is 12.2. The van der Waals surface area contributed by atoms with Crippen LogP contribution in [0.2, 0.25) is 0 Å². The van der Waals surface area contributed by atoms with Gasteiger partial charge < -0.3 is 24.8 Å². The highest BCUT2D eigenvalue weighted by Crippen LogP contribution is 2.27. The Morgan fingerprint density at radius 1 is 1.10 bits per heavy atom. The first-order valence-electron chi connectivity index (χ1n) is 14.5. The number of rotatable bonds is 10. The van der Waals surface area contributed by atoms with Crippen LogP contribution in [0, 0.1) is 12.3 Å². The standard InChI is InChI=1S/C32H44N6O3/c1-22-14-15-27-34-26(21-37(27)19-22)30(40)36(18-16-24-11-8-7-9-12-24)20-25-13-10-17-38(25)31(41)28(32(3,4)5)35-29(39)23(2)33-6/h7-9,11-12,14-15,19,21,23,25,28,33H,10,13,16-18,20H2,1-6H3,(H,35,39)/t23-,25-,28+/m0/s1. The minimum Gasteiger partial charge on any atom is -0.342 e. The molecule has 0 radical (unpaired) electrons. The molecule has 3 aromatic rings. The van der Waals surface area contributed by atoms with Crippen LogP contribution in [0.15, 0.2) is 54.9 Å². The number of nitrogens with one attached hydrogen (secondary N) is 2. The fourth-order valence-corrected chi connectivity index (χ4v) is 5.34. The smallest absolute Gasteiger partial charge is 0.274 e. The lowest BCUT2D eigenvalue weighted by molar-refractivity contribution is -0.140. The van der Waals surface area contributed by atoms with Gasteiger partial charge in [-0.2, -0.15) is 0 Å². The number of likely N-dealkylation sites (N-methyl/N-ethyl adjacent to an activating group) is 1. The van der Waals surface area contributed by atoms with Gasteiger partial charge in [0.15, 0.2) is 0 Å². The normalized spacial score (nSPS) is 16.9. The van der Waals surface area contributed by atoms with Crippen LogP contribution in [0.4, 0.5) is 0 Å². The van der Waals surface area contributed by atoms with Crippen molar-refractivity contribution in [2.75, 3.05) is 26.7 Å². The van der Waals surface area contributed by atoms with Crippen LogP contribution in [-0.2, 0) is 16.0 Å². The molecule has 3 atom stereocenters. The molecule has 3 amide bonds. The fraction of sp³-hybridized carbons (Fsp3) is 0.500. The molecule has 41 heavy (non-hydrogen) atoms. The van der Waals surface area contributed by atoms with Crippen molar-refractivity contribution in [2.24, 2.45) is 5.41 Å². The Balaban J connectivity index is 1.57. The van der Waals surface area contributed by atoms with Crippen LogP contribution >= 0.6 is 0 Å². The highest BCUT2D eigenvalue weighted by molar-refractivity contribution is 5.93. The zero-order chi connectivity index (χ0) is 29.7. The zero-order valence-corrected chi connectivity index (χ0v) is 25.2. The summed E-state index contributed by atoms with van der Waals surface area (Å²) in [6, 6.07) is 12.7. The van der Waals surface area contributed by atoms with E-state index >= 15 is 0 Å². The summed E-state index contributed by atoms with van der Waals surface area (Å²) in [5.41, 5.74) is 2.86. The van der Waals surface area contributed by atoms with E-state index in [-0.39, 0.29) is 23.8 Å². The molecule has 3 heterocycles. The number of benzene rings is 1. The molecule has 4 rings (SSSR count). The Kier molecular flexibility index (Phi) is 9.48. The second kappa shape index (κ2) is 12.9. The van der Waals surface area contributed by atoms with Crippen molar-refractivity contribution in [3.05, 3.63) is 71.7 Å². The molecular weight excluding hydrogens is 516 g/mol. The van der Waals surface area contributed by atoms with E-state index in [1.165, 1.54) is 0 Å². The molecule has 0 bridgehead atoms. The average molecular weight is 561 g/mol. The lowest BCUT2D eigenvalue weighted by Gasteiger charge is -2.37. The van der Waals surface area contributed by atoms with Crippen LogP contribution in [0.25, 0.3) is 5.65 Å². The van der Waals surface area contributed by atoms with Gasteiger partial charge in [-0.1, -0.05) is 57.2 Å². The maximum Gasteiger partial charge on any atom is 0.274 e. The number of aromatic nitrogens is 2. The topological polar surface area (TPSA) is 99.0 Å². The number of aryl methyl sites for hydroxylation is 1. The van der Waals surface area contributed by atoms with Gasteiger partial charge in [-0.25, -0.2) is 4.98 Å². The molecule has 9 heteroatoms. The van der Waals surface area contributed by atoms with Crippen LogP contribution in [0.1, 0.15) is 62.2 Å². The fourth-order valence-electron chi connectivity index (χ4n) is 5.34. The first-order valence-corrected chi connectivity index (χ1v) is 14.5. The summed E-state index contributed by atoms with van der Waals surface area (Å²) >= 11 is 0. The van der Waals surface area contributed by atoms with Crippen molar-refractivity contribution < 1.29 is 14.4 Å². The van der Waals surface area contributed by atoms with Crippen LogP contribution in [0.3, 0.4) is 0 Å². The number of fused-ring (bicyclic) bond motifs is 1. The van der Waals surface area contributed by atoms with Gasteiger partial charge in [0, 0.05) is 38.1 Å². The molecule has 0 aliphatic carbocycles. The lowest BCUT2D eigenvalue weighted by atomic mass is 9.85. The highest BCUT2D eigenvalue weighted by atomic mass is 16.2. The van der Waals surface area contributed by atoms with E-state index < -0.39 is 17.5 Å². The average Bonchev–Trinajstić information content (AvgIpc) is 3.59. The number of imidazole rings is 1. The number of pyridine rings is 1. The molecule has 2 aromatic heterocycles. The summed E-state index contributed by atoms with van der Waals surface area (Å²) in [6.45, 7) is 11.2. The van der Waals surface area contributed by atoms with Gasteiger partial charge >= 0.3 is 0 Å². The molecule has 0 saturated carbocycles. The predicted molar refractivity (Wildman–Crippen MR) is 161 cm³/mol. The summed E-state index contributed by atoms with van der Waals surface area (Å²) in [5, 5.41) is 5.93. The Morgan fingerprint density at radius 3 is 2.51 bits per heavy atom. The monoisotopic (exact) mass is 560 g/mol. The minimum atomic E-state index is -0.679. The number of carbonyl (C=O) groups is 3. The van der Waals surface area contributed by atoms with Crippen molar-refractivity contribution in [1.82, 2.24) is 29.8 Å². The number of carbonyl (C=O) groups excluding carboxylic acids is 3. The maximum atomic E-state index is 14.0. The molecular formula is C32H44N6O3. The summed E-state index contributed by atoms with van der Waals surface area (Å²) in [6.07, 6.45) is 6.08. The van der Waals surface area contributed by atoms with Crippen molar-refractivity contribution in [3.63, 3.8) is 0 Å². The molecule has 2 N–H and O–H groups in total. The Labute approximate surface area is 243 Å². The molecule has 0 spiro atoms. The van der Waals surface area contributed by atoms with Crippen LogP contribution in [0.5, 0.6) is 0 Å². The quantitative estimate of drug-likeness (QED) is 0.396. The molecule has 220 valence electrons. The Morgan fingerprint density at radius 2 is 1.83 bits per heavy atom. The molecule has 1 aliphatic rings. The number of amides is 3. The molecule has 0 unspecified atom stereocenters. The number of hydrogen-bond donors (Lipinski definition) is 2. The van der Waals surface area contributed by atoms with E-state index in [0.29, 0.717) is 31.7 Å². The highest BCUT2D eigenvalue weighted by Gasteiger charge is 2.41. The summed E-state index contributed by atoms with van der Waals surface area (Å²) < 4.78 is 1.88. The van der Waals surface area contributed by atoms with E-state index in [1.807, 2.05) is 78.4 Å². The number of nitrogens with zero attached hydrogens (tertiary/aromatic N) is 4. The molecule has 1 saturated heterocycles. The summed E-state index contributed by atoms with van der Waals surface area (Å²) in [5.74, 6) is -0.460. The summed E-state index contributed by atoms with van der Waals surface area (Å²) in [7, 11) is 1.72. The second-order valence-electron chi connectivity index (χ2n) is 12.2. The lowest BCUT2D eigenvalue weighted by Crippen LogP contribution is -2.59. The molecule has 9 nitrogen and oxygen atoms in total. The minimum absolute atomic E-state index is 0.102. The van der Waals surface area contributed by atoms with Gasteiger partial charge in [-0.3, -0.25) is 14.4 Å². The van der Waals surface area contributed by atoms with Crippen LogP contribution in [-0.4, -0.2) is 81.7 Å². The maximum absolute atomic E-state index is 14.0. The van der Waals surface area contributed by atoms with Crippen molar-refractivity contribution >= 4 is 23.4 Å². The first-order chi connectivity index (χ1) is 19.5. The third kappa shape index (κ3) is 7.33. The SMILES string of the molecule is CN[C@@H](C)C(=O)N[C@H](C(=O)N1CCC[C@H]1CN(CCc1ccccc1)C(=O)c1cn2cc(C)ccc2n1)C(C)(C)C. The van der Waals surface area contributed by atoms with Gasteiger partial charge in [0.25, 0.3) is 5.91 Å². The van der Waals surface area contributed by atoms with Gasteiger partial charge in [-0.05, 0) is 62.8 Å². The van der Waals surface area contributed by atoms with E-state index in [4.69, 9.17) is 0 Å². The van der Waals surface area contributed by atoms with E-state index in [0.717, 1.165) is 29.6 Å². The van der Waals surface area contributed by atoms with Crippen molar-refractivity contribution in [1.29, 1.82) is 0 Å². The molecule has 1 aromatic carbocycles. The van der Waals surface area contributed by atoms with Gasteiger partial charge in [-0.15, -0.1) is 0 Å². The van der Waals surface area contributed by atoms with Gasteiger partial charge in [0.1, 0.15) is 17.4 Å². The number of hydrogen-bond acceptors (Lipinski definition) is 5. The first kappa shape index (κ1) is 30.2. The predicted octanol–water partition coefficient (Wildman–Crippen LogP) is 3.46. The van der Waals surface area contributed by atoms with Crippen molar-refractivity contribution in [3.8, 4) is 0 Å². The Hall–Kier alpha value is -3.72. The third-order valence-electron chi connectivity index (χ3n) is 7.94. The van der Waals surface area contributed by atoms with E-state index in [9.17, 15) is 14.4 Å². The molecule has 1 aliphatic heterocycles. The summed E-state index contributed by atoms with van der Waals surface area (Å²) in [4.78, 5) is 49.0. The van der Waals surface area contributed by atoms with Crippen molar-refractivity contribution in [2.45, 2.75) is 72.0 Å². The molecule has 1 fully saturated rings. The zero-order valence-electron chi connectivity index (χ0n) is 25.2. The Bertz CT molecular complexity index is 1360. The largest absolute Gasteiger partial charge is 0.342 e. The van der Waals surface area contributed by atoms with Crippen LogP contribution < -0.4 is 10.6 Å².